The third kappa shape index (κ3) is 2.52. The van der Waals surface area contributed by atoms with Crippen LogP contribution in [-0.2, 0) is 19.1 Å². The monoisotopic (exact) mass is 384 g/mol. The molecular formula is C23H28O5. The van der Waals surface area contributed by atoms with Gasteiger partial charge in [-0.25, -0.2) is 0 Å². The van der Waals surface area contributed by atoms with Crippen LogP contribution in [0.25, 0.3) is 0 Å². The fourth-order valence-corrected chi connectivity index (χ4v) is 5.99. The smallest absolute Gasteiger partial charge is 0.303 e. The molecule has 0 aromatic carbocycles. The molecule has 0 radical (unpaired) electrons. The minimum absolute atomic E-state index is 0.0924. The molecule has 0 spiro atoms. The first-order chi connectivity index (χ1) is 13.1. The van der Waals surface area contributed by atoms with Crippen LogP contribution >= 0.6 is 0 Å². The first kappa shape index (κ1) is 19.3. The highest BCUT2D eigenvalue weighted by molar-refractivity contribution is 5.93. The van der Waals surface area contributed by atoms with Crippen LogP contribution in [0.15, 0.2) is 34.9 Å². The summed E-state index contributed by atoms with van der Waals surface area (Å²) < 4.78 is 4.89. The molecular weight excluding hydrogens is 356 g/mol. The second-order valence-corrected chi connectivity index (χ2v) is 9.23. The molecule has 0 aromatic rings. The second kappa shape index (κ2) is 6.24. The normalized spacial score (nSPS) is 39.1. The van der Waals surface area contributed by atoms with Crippen molar-refractivity contribution in [1.82, 2.24) is 0 Å². The Hall–Kier alpha value is -2.01. The van der Waals surface area contributed by atoms with E-state index in [1.165, 1.54) is 23.6 Å². The Labute approximate surface area is 165 Å². The molecule has 0 saturated heterocycles. The van der Waals surface area contributed by atoms with Crippen LogP contribution in [0.5, 0.6) is 0 Å². The Morgan fingerprint density at radius 1 is 1.25 bits per heavy atom. The quantitative estimate of drug-likeness (QED) is 0.756. The maximum Gasteiger partial charge on any atom is 0.303 e. The molecule has 1 fully saturated rings. The summed E-state index contributed by atoms with van der Waals surface area (Å²) in [6.45, 7) is 5.10. The average Bonchev–Trinajstić information content (AvgIpc) is 2.92. The third-order valence-corrected chi connectivity index (χ3v) is 7.84. The number of esters is 1. The van der Waals surface area contributed by atoms with Gasteiger partial charge in [0, 0.05) is 24.2 Å². The number of fused-ring (bicyclic) bond motifs is 5. The van der Waals surface area contributed by atoms with E-state index in [2.05, 4.69) is 19.1 Å². The average molecular weight is 384 g/mol. The SMILES string of the molecule is CC(=O)OCC(=O)[C@@]1(O)CC[C@H]2C3=CCC4=CC(=O)CC[C@]4(C)C3=CC[C@@]21C. The third-order valence-electron chi connectivity index (χ3n) is 7.84. The van der Waals surface area contributed by atoms with Crippen LogP contribution in [0.3, 0.4) is 0 Å². The van der Waals surface area contributed by atoms with Gasteiger partial charge in [-0.2, -0.15) is 0 Å². The lowest BCUT2D eigenvalue weighted by Gasteiger charge is -2.51. The molecule has 150 valence electrons. The van der Waals surface area contributed by atoms with E-state index in [4.69, 9.17) is 4.74 Å². The number of rotatable bonds is 3. The number of aliphatic hydroxyl groups is 1. The highest BCUT2D eigenvalue weighted by atomic mass is 16.5. The van der Waals surface area contributed by atoms with Crippen LogP contribution in [0.4, 0.5) is 0 Å². The molecule has 4 atom stereocenters. The van der Waals surface area contributed by atoms with Gasteiger partial charge >= 0.3 is 5.97 Å². The molecule has 5 heteroatoms. The van der Waals surface area contributed by atoms with Crippen LogP contribution < -0.4 is 0 Å². The van der Waals surface area contributed by atoms with Gasteiger partial charge in [-0.15, -0.1) is 0 Å². The molecule has 28 heavy (non-hydrogen) atoms. The fraction of sp³-hybridized carbons (Fsp3) is 0.609. The van der Waals surface area contributed by atoms with Gasteiger partial charge in [-0.3, -0.25) is 14.4 Å². The Balaban J connectivity index is 1.69. The summed E-state index contributed by atoms with van der Waals surface area (Å²) in [4.78, 5) is 35.8. The molecule has 4 aliphatic rings. The number of Topliss-reactive ketones (excluding diaryl/α,β-unsaturated/α-hetero) is 1. The number of carbonyl (C=O) groups is 3. The summed E-state index contributed by atoms with van der Waals surface area (Å²) in [6, 6.07) is 0. The molecule has 0 aromatic heterocycles. The molecule has 4 aliphatic carbocycles. The zero-order valence-electron chi connectivity index (χ0n) is 16.8. The highest BCUT2D eigenvalue weighted by Gasteiger charge is 2.63. The molecule has 0 unspecified atom stereocenters. The highest BCUT2D eigenvalue weighted by Crippen LogP contribution is 2.64. The van der Waals surface area contributed by atoms with Gasteiger partial charge in [0.2, 0.25) is 5.78 Å². The lowest BCUT2D eigenvalue weighted by molar-refractivity contribution is -0.161. The van der Waals surface area contributed by atoms with E-state index < -0.39 is 22.8 Å². The van der Waals surface area contributed by atoms with Crippen molar-refractivity contribution >= 4 is 17.5 Å². The van der Waals surface area contributed by atoms with Crippen LogP contribution in [0.1, 0.15) is 59.3 Å². The van der Waals surface area contributed by atoms with Crippen molar-refractivity contribution in [1.29, 1.82) is 0 Å². The summed E-state index contributed by atoms with van der Waals surface area (Å²) in [6.07, 6.45) is 10.0. The van der Waals surface area contributed by atoms with Crippen molar-refractivity contribution in [2.45, 2.75) is 64.9 Å². The fourth-order valence-electron chi connectivity index (χ4n) is 5.99. The van der Waals surface area contributed by atoms with E-state index in [9.17, 15) is 19.5 Å². The zero-order chi connectivity index (χ0) is 20.3. The van der Waals surface area contributed by atoms with Crippen molar-refractivity contribution in [3.8, 4) is 0 Å². The molecule has 0 aliphatic heterocycles. The first-order valence-electron chi connectivity index (χ1n) is 10.2. The Morgan fingerprint density at radius 3 is 2.71 bits per heavy atom. The van der Waals surface area contributed by atoms with Crippen LogP contribution in [-0.4, -0.2) is 34.9 Å². The number of ketones is 2. The minimum Gasteiger partial charge on any atom is -0.458 e. The predicted molar refractivity (Wildman–Crippen MR) is 103 cm³/mol. The van der Waals surface area contributed by atoms with Gasteiger partial charge in [-0.05, 0) is 55.2 Å². The lowest BCUT2D eigenvalue weighted by atomic mass is 9.54. The number of hydrogen-bond donors (Lipinski definition) is 1. The van der Waals surface area contributed by atoms with Gasteiger partial charge in [0.25, 0.3) is 0 Å². The van der Waals surface area contributed by atoms with E-state index in [1.807, 2.05) is 13.0 Å². The molecule has 1 saturated carbocycles. The number of carbonyl (C=O) groups excluding carboxylic acids is 3. The van der Waals surface area contributed by atoms with Gasteiger partial charge in [0.05, 0.1) is 0 Å². The van der Waals surface area contributed by atoms with Crippen LogP contribution in [0, 0.1) is 16.7 Å². The van der Waals surface area contributed by atoms with Crippen molar-refractivity contribution in [2.75, 3.05) is 6.61 Å². The number of ether oxygens (including phenoxy) is 1. The van der Waals surface area contributed by atoms with E-state index >= 15 is 0 Å². The first-order valence-corrected chi connectivity index (χ1v) is 10.2. The summed E-state index contributed by atoms with van der Waals surface area (Å²) in [5.41, 5.74) is 1.47. The summed E-state index contributed by atoms with van der Waals surface area (Å²) in [7, 11) is 0. The van der Waals surface area contributed by atoms with Gasteiger partial charge in [0.15, 0.2) is 12.4 Å². The maximum atomic E-state index is 12.8. The van der Waals surface area contributed by atoms with Crippen molar-refractivity contribution in [3.63, 3.8) is 0 Å². The predicted octanol–water partition coefficient (Wildman–Crippen LogP) is 3.22. The number of allylic oxidation sites excluding steroid dienone is 6. The second-order valence-electron chi connectivity index (χ2n) is 9.23. The van der Waals surface area contributed by atoms with Crippen molar-refractivity contribution < 1.29 is 24.2 Å². The van der Waals surface area contributed by atoms with E-state index in [1.54, 1.807) is 0 Å². The largest absolute Gasteiger partial charge is 0.458 e. The van der Waals surface area contributed by atoms with E-state index in [0.29, 0.717) is 19.3 Å². The Kier molecular flexibility index (Phi) is 4.31. The summed E-state index contributed by atoms with van der Waals surface area (Å²) >= 11 is 0. The molecule has 0 heterocycles. The van der Waals surface area contributed by atoms with Crippen molar-refractivity contribution in [2.24, 2.45) is 16.7 Å². The number of hydrogen-bond acceptors (Lipinski definition) is 5. The zero-order valence-corrected chi connectivity index (χ0v) is 16.8. The molecule has 4 rings (SSSR count). The Morgan fingerprint density at radius 2 is 2.00 bits per heavy atom. The molecule has 5 nitrogen and oxygen atoms in total. The molecule has 1 N–H and O–H groups in total. The maximum absolute atomic E-state index is 12.8. The summed E-state index contributed by atoms with van der Waals surface area (Å²) in [5, 5.41) is 11.4. The lowest BCUT2D eigenvalue weighted by Crippen LogP contribution is -2.54. The molecule has 0 amide bonds. The van der Waals surface area contributed by atoms with Crippen molar-refractivity contribution in [3.05, 3.63) is 34.9 Å². The van der Waals surface area contributed by atoms with Crippen LogP contribution in [0.2, 0.25) is 0 Å². The standard InChI is InChI=1S/C23H28O5/c1-14(24)28-13-20(26)23(27)11-8-19-17-5-4-15-12-16(25)6-9-21(15,2)18(17)7-10-22(19,23)3/h5,7,12,19,27H,4,6,8-11,13H2,1-3H3/t19-,21-,22-,23-/m0/s1. The topological polar surface area (TPSA) is 80.7 Å². The summed E-state index contributed by atoms with van der Waals surface area (Å²) in [5.74, 6) is -0.626. The van der Waals surface area contributed by atoms with E-state index in [0.717, 1.165) is 19.3 Å². The van der Waals surface area contributed by atoms with Gasteiger partial charge in [-0.1, -0.05) is 31.6 Å². The Bertz CT molecular complexity index is 862. The van der Waals surface area contributed by atoms with Gasteiger partial charge < -0.3 is 9.84 Å². The molecule has 0 bridgehead atoms. The van der Waals surface area contributed by atoms with Gasteiger partial charge in [0.1, 0.15) is 5.60 Å². The minimum atomic E-state index is -1.49. The van der Waals surface area contributed by atoms with E-state index in [-0.39, 0.29) is 23.7 Å².